The average Bonchev–Trinajstić information content (AvgIpc) is 2.76. The maximum Gasteiger partial charge on any atom is 0.234 e. The van der Waals surface area contributed by atoms with Gasteiger partial charge in [0.2, 0.25) is 5.91 Å². The van der Waals surface area contributed by atoms with E-state index in [1.165, 1.54) is 23.1 Å². The number of thiazole rings is 1. The Morgan fingerprint density at radius 2 is 2.26 bits per heavy atom. The van der Waals surface area contributed by atoms with Gasteiger partial charge in [-0.2, -0.15) is 0 Å². The monoisotopic (exact) mass is 332 g/mol. The number of aryl methyl sites for hydroxylation is 1. The number of amides is 1. The van der Waals surface area contributed by atoms with Crippen molar-refractivity contribution in [3.8, 4) is 0 Å². The number of hydrogen-bond donors (Lipinski definition) is 1. The number of rotatable bonds is 4. The fourth-order valence-electron chi connectivity index (χ4n) is 1.30. The minimum atomic E-state index is -0.123. The Kier molecular flexibility index (Phi) is 5.10. The van der Waals surface area contributed by atoms with Crippen LogP contribution in [0.5, 0.6) is 0 Å². The van der Waals surface area contributed by atoms with E-state index < -0.39 is 0 Å². The zero-order chi connectivity index (χ0) is 13.8. The van der Waals surface area contributed by atoms with E-state index >= 15 is 0 Å². The third-order valence-electron chi connectivity index (χ3n) is 2.13. The summed E-state index contributed by atoms with van der Waals surface area (Å²) in [6.07, 6.45) is 0. The fraction of sp³-hybridized carbons (Fsp3) is 0.167. The minimum absolute atomic E-state index is 0.123. The van der Waals surface area contributed by atoms with Crippen LogP contribution in [0.25, 0.3) is 0 Å². The zero-order valence-electron chi connectivity index (χ0n) is 9.94. The second kappa shape index (κ2) is 6.61. The number of aromatic nitrogens is 1. The molecule has 1 N–H and O–H groups in total. The molecular weight excluding hydrogens is 323 g/mol. The van der Waals surface area contributed by atoms with Gasteiger partial charge in [0.25, 0.3) is 0 Å². The van der Waals surface area contributed by atoms with Crippen molar-refractivity contribution < 1.29 is 4.79 Å². The van der Waals surface area contributed by atoms with E-state index in [2.05, 4.69) is 10.3 Å². The highest BCUT2D eigenvalue weighted by molar-refractivity contribution is 8.01. The minimum Gasteiger partial charge on any atom is -0.324 e. The first-order chi connectivity index (χ1) is 9.04. The van der Waals surface area contributed by atoms with Gasteiger partial charge in [-0.15, -0.1) is 11.3 Å². The average molecular weight is 333 g/mol. The number of carbonyl (C=O) groups is 1. The molecule has 0 aliphatic carbocycles. The number of halogens is 2. The molecule has 1 heterocycles. The molecule has 1 aromatic heterocycles. The van der Waals surface area contributed by atoms with Gasteiger partial charge in [-0.3, -0.25) is 4.79 Å². The Balaban J connectivity index is 1.90. The van der Waals surface area contributed by atoms with Gasteiger partial charge in [0.05, 0.1) is 16.5 Å². The molecule has 0 radical (unpaired) electrons. The molecular formula is C12H10Cl2N2OS2. The molecule has 1 aromatic carbocycles. The molecule has 3 nitrogen and oxygen atoms in total. The number of thioether (sulfide) groups is 1. The van der Waals surface area contributed by atoms with Gasteiger partial charge < -0.3 is 5.32 Å². The summed E-state index contributed by atoms with van der Waals surface area (Å²) >= 11 is 14.7. The summed E-state index contributed by atoms with van der Waals surface area (Å²) in [7, 11) is 0. The lowest BCUT2D eigenvalue weighted by Gasteiger charge is -2.06. The second-order valence-corrected chi connectivity index (χ2v) is 6.64. The van der Waals surface area contributed by atoms with E-state index in [0.717, 1.165) is 10.0 Å². The summed E-state index contributed by atoms with van der Waals surface area (Å²) in [5, 5.41) is 5.66. The summed E-state index contributed by atoms with van der Waals surface area (Å²) in [6, 6.07) is 4.96. The molecule has 0 fully saturated rings. The first-order valence-electron chi connectivity index (χ1n) is 5.34. The number of benzene rings is 1. The van der Waals surface area contributed by atoms with Crippen molar-refractivity contribution in [1.29, 1.82) is 0 Å². The van der Waals surface area contributed by atoms with Gasteiger partial charge in [-0.05, 0) is 25.1 Å². The number of hydrogen-bond acceptors (Lipinski definition) is 4. The normalized spacial score (nSPS) is 10.5. The molecule has 2 rings (SSSR count). The van der Waals surface area contributed by atoms with Crippen molar-refractivity contribution in [3.63, 3.8) is 0 Å². The van der Waals surface area contributed by atoms with Crippen molar-refractivity contribution in [2.24, 2.45) is 0 Å². The molecule has 7 heteroatoms. The molecule has 0 unspecified atom stereocenters. The third kappa shape index (κ3) is 4.38. The highest BCUT2D eigenvalue weighted by Gasteiger charge is 2.08. The van der Waals surface area contributed by atoms with Crippen LogP contribution < -0.4 is 5.32 Å². The van der Waals surface area contributed by atoms with Gasteiger partial charge in [0, 0.05) is 16.1 Å². The Labute approximate surface area is 129 Å². The summed E-state index contributed by atoms with van der Waals surface area (Å²) in [5.41, 5.74) is 1.53. The predicted molar refractivity (Wildman–Crippen MR) is 82.7 cm³/mol. The van der Waals surface area contributed by atoms with E-state index in [9.17, 15) is 4.79 Å². The highest BCUT2D eigenvalue weighted by Crippen LogP contribution is 2.26. The van der Waals surface area contributed by atoms with E-state index in [1.807, 2.05) is 12.3 Å². The van der Waals surface area contributed by atoms with Crippen LogP contribution in [0, 0.1) is 6.92 Å². The third-order valence-corrected chi connectivity index (χ3v) is 4.82. The van der Waals surface area contributed by atoms with Gasteiger partial charge in [0.1, 0.15) is 0 Å². The second-order valence-electron chi connectivity index (χ2n) is 3.72. The van der Waals surface area contributed by atoms with E-state index in [1.54, 1.807) is 18.2 Å². The van der Waals surface area contributed by atoms with Crippen LogP contribution in [0.3, 0.4) is 0 Å². The number of nitrogens with one attached hydrogen (secondary N) is 1. The lowest BCUT2D eigenvalue weighted by atomic mass is 10.3. The van der Waals surface area contributed by atoms with Crippen molar-refractivity contribution in [1.82, 2.24) is 4.98 Å². The Bertz CT molecular complexity index is 601. The van der Waals surface area contributed by atoms with Crippen LogP contribution in [0.4, 0.5) is 5.69 Å². The van der Waals surface area contributed by atoms with E-state index in [4.69, 9.17) is 23.2 Å². The molecule has 0 saturated carbocycles. The van der Waals surface area contributed by atoms with Gasteiger partial charge in [-0.1, -0.05) is 35.0 Å². The van der Waals surface area contributed by atoms with Crippen LogP contribution in [0.15, 0.2) is 27.9 Å². The molecule has 0 spiro atoms. The molecule has 19 heavy (non-hydrogen) atoms. The van der Waals surface area contributed by atoms with Crippen LogP contribution in [-0.4, -0.2) is 16.6 Å². The standard InChI is InChI=1S/C12H10Cl2N2OS2/c1-7-5-18-12(15-7)19-6-11(17)16-10-3-2-8(13)4-9(10)14/h2-5H,6H2,1H3,(H,16,17). The lowest BCUT2D eigenvalue weighted by molar-refractivity contribution is -0.113. The van der Waals surface area contributed by atoms with Crippen LogP contribution in [-0.2, 0) is 4.79 Å². The molecule has 0 saturated heterocycles. The maximum absolute atomic E-state index is 11.8. The predicted octanol–water partition coefficient (Wildman–Crippen LogP) is 4.49. The molecule has 0 bridgehead atoms. The Morgan fingerprint density at radius 3 is 2.89 bits per heavy atom. The summed E-state index contributed by atoms with van der Waals surface area (Å²) in [4.78, 5) is 16.1. The first kappa shape index (κ1) is 14.7. The first-order valence-corrected chi connectivity index (χ1v) is 7.96. The van der Waals surface area contributed by atoms with Crippen LogP contribution in [0.2, 0.25) is 10.0 Å². The van der Waals surface area contributed by atoms with Gasteiger partial charge in [-0.25, -0.2) is 4.98 Å². The van der Waals surface area contributed by atoms with Crippen molar-refractivity contribution in [2.45, 2.75) is 11.3 Å². The molecule has 100 valence electrons. The van der Waals surface area contributed by atoms with Gasteiger partial charge in [0.15, 0.2) is 4.34 Å². The van der Waals surface area contributed by atoms with Gasteiger partial charge >= 0.3 is 0 Å². The topological polar surface area (TPSA) is 42.0 Å². The maximum atomic E-state index is 11.8. The molecule has 0 aliphatic rings. The highest BCUT2D eigenvalue weighted by atomic mass is 35.5. The SMILES string of the molecule is Cc1csc(SCC(=O)Nc2ccc(Cl)cc2Cl)n1. The quantitative estimate of drug-likeness (QED) is 0.838. The van der Waals surface area contributed by atoms with Crippen LogP contribution in [0.1, 0.15) is 5.69 Å². The van der Waals surface area contributed by atoms with Crippen molar-refractivity contribution >= 4 is 57.9 Å². The Morgan fingerprint density at radius 1 is 1.47 bits per heavy atom. The Hall–Kier alpha value is -0.750. The summed E-state index contributed by atoms with van der Waals surface area (Å²) in [5.74, 6) is 0.174. The van der Waals surface area contributed by atoms with E-state index in [0.29, 0.717) is 21.5 Å². The zero-order valence-corrected chi connectivity index (χ0v) is 13.1. The molecule has 2 aromatic rings. The molecule has 0 aliphatic heterocycles. The summed E-state index contributed by atoms with van der Waals surface area (Å²) in [6.45, 7) is 1.92. The van der Waals surface area contributed by atoms with Crippen molar-refractivity contribution in [2.75, 3.05) is 11.1 Å². The largest absolute Gasteiger partial charge is 0.324 e. The number of nitrogens with zero attached hydrogens (tertiary/aromatic N) is 1. The molecule has 1 amide bonds. The smallest absolute Gasteiger partial charge is 0.234 e. The number of anilines is 1. The fourth-order valence-corrected chi connectivity index (χ4v) is 3.41. The molecule has 0 atom stereocenters. The van der Waals surface area contributed by atoms with Crippen LogP contribution >= 0.6 is 46.3 Å². The lowest BCUT2D eigenvalue weighted by Crippen LogP contribution is -2.14. The number of carbonyl (C=O) groups excluding carboxylic acids is 1. The summed E-state index contributed by atoms with van der Waals surface area (Å²) < 4.78 is 0.884. The van der Waals surface area contributed by atoms with E-state index in [-0.39, 0.29) is 5.91 Å². The van der Waals surface area contributed by atoms with Crippen molar-refractivity contribution in [3.05, 3.63) is 39.3 Å².